The SMILES string of the molecule is Cc1nc(Sc2nnc(C(F)(F)F)s2)ccc1C#N. The number of aromatic nitrogens is 3. The first-order chi connectivity index (χ1) is 8.90. The second-order valence-corrected chi connectivity index (χ2v) is 5.61. The number of aryl methyl sites for hydroxylation is 1. The monoisotopic (exact) mass is 302 g/mol. The molecule has 0 fully saturated rings. The molecule has 19 heavy (non-hydrogen) atoms. The smallest absolute Gasteiger partial charge is 0.245 e. The molecule has 0 N–H and O–H groups in total. The third-order valence-electron chi connectivity index (χ3n) is 2.02. The maximum Gasteiger partial charge on any atom is 0.445 e. The van der Waals surface area contributed by atoms with Crippen molar-refractivity contribution in [2.45, 2.75) is 22.5 Å². The lowest BCUT2D eigenvalue weighted by atomic mass is 10.2. The highest BCUT2D eigenvalue weighted by Crippen LogP contribution is 2.36. The predicted molar refractivity (Wildman–Crippen MR) is 62.7 cm³/mol. The van der Waals surface area contributed by atoms with Crippen LogP contribution in [0.3, 0.4) is 0 Å². The fourth-order valence-corrected chi connectivity index (χ4v) is 2.85. The zero-order chi connectivity index (χ0) is 14.0. The van der Waals surface area contributed by atoms with Crippen molar-refractivity contribution < 1.29 is 13.2 Å². The largest absolute Gasteiger partial charge is 0.445 e. The minimum atomic E-state index is -4.48. The van der Waals surface area contributed by atoms with Gasteiger partial charge in [0.1, 0.15) is 11.1 Å². The van der Waals surface area contributed by atoms with Gasteiger partial charge in [0.15, 0.2) is 4.34 Å². The Labute approximate surface area is 114 Å². The van der Waals surface area contributed by atoms with E-state index in [1.165, 1.54) is 0 Å². The summed E-state index contributed by atoms with van der Waals surface area (Å²) in [6.07, 6.45) is -4.48. The third-order valence-corrected chi connectivity index (χ3v) is 3.98. The summed E-state index contributed by atoms with van der Waals surface area (Å²) < 4.78 is 37.2. The van der Waals surface area contributed by atoms with Crippen LogP contribution in [-0.4, -0.2) is 15.2 Å². The quantitative estimate of drug-likeness (QED) is 0.852. The number of halogens is 3. The van der Waals surface area contributed by atoms with Gasteiger partial charge in [0.05, 0.1) is 11.3 Å². The first kappa shape index (κ1) is 13.8. The average Bonchev–Trinajstić information content (AvgIpc) is 2.77. The van der Waals surface area contributed by atoms with E-state index in [0.717, 1.165) is 11.8 Å². The summed E-state index contributed by atoms with van der Waals surface area (Å²) in [7, 11) is 0. The van der Waals surface area contributed by atoms with Gasteiger partial charge in [-0.3, -0.25) is 0 Å². The van der Waals surface area contributed by atoms with Gasteiger partial charge in [0.2, 0.25) is 5.01 Å². The lowest BCUT2D eigenvalue weighted by Crippen LogP contribution is -2.03. The highest BCUT2D eigenvalue weighted by molar-refractivity contribution is 8.01. The molecule has 4 nitrogen and oxygen atoms in total. The number of nitrogens with zero attached hydrogens (tertiary/aromatic N) is 4. The Morgan fingerprint density at radius 1 is 1.32 bits per heavy atom. The van der Waals surface area contributed by atoms with Crippen molar-refractivity contribution in [3.05, 3.63) is 28.4 Å². The fourth-order valence-electron chi connectivity index (χ4n) is 1.17. The number of hydrogen-bond acceptors (Lipinski definition) is 6. The molecule has 0 aliphatic rings. The van der Waals surface area contributed by atoms with Gasteiger partial charge in [-0.15, -0.1) is 10.2 Å². The van der Waals surface area contributed by atoms with Crippen LogP contribution in [0.4, 0.5) is 13.2 Å². The lowest BCUT2D eigenvalue weighted by Gasteiger charge is -2.00. The van der Waals surface area contributed by atoms with E-state index in [1.54, 1.807) is 19.1 Å². The summed E-state index contributed by atoms with van der Waals surface area (Å²) in [6, 6.07) is 5.09. The minimum absolute atomic E-state index is 0.156. The molecule has 2 heterocycles. The molecule has 0 aliphatic heterocycles. The van der Waals surface area contributed by atoms with E-state index in [0.29, 0.717) is 27.6 Å². The van der Waals surface area contributed by atoms with Crippen LogP contribution in [-0.2, 0) is 6.18 Å². The van der Waals surface area contributed by atoms with E-state index in [1.807, 2.05) is 6.07 Å². The molecule has 0 radical (unpaired) electrons. The predicted octanol–water partition coefficient (Wildman–Crippen LogP) is 3.28. The summed E-state index contributed by atoms with van der Waals surface area (Å²) in [5.41, 5.74) is 0.950. The van der Waals surface area contributed by atoms with Crippen LogP contribution in [0.25, 0.3) is 0 Å². The topological polar surface area (TPSA) is 62.5 Å². The summed E-state index contributed by atoms with van der Waals surface area (Å²) in [5, 5.41) is 14.8. The van der Waals surface area contributed by atoms with Crippen molar-refractivity contribution in [3.63, 3.8) is 0 Å². The Kier molecular flexibility index (Phi) is 3.73. The van der Waals surface area contributed by atoms with Crippen molar-refractivity contribution >= 4 is 23.1 Å². The Morgan fingerprint density at radius 2 is 2.05 bits per heavy atom. The molecule has 0 saturated heterocycles. The van der Waals surface area contributed by atoms with Crippen molar-refractivity contribution in [1.29, 1.82) is 5.26 Å². The zero-order valence-electron chi connectivity index (χ0n) is 9.39. The molecule has 0 bridgehead atoms. The van der Waals surface area contributed by atoms with E-state index < -0.39 is 11.2 Å². The number of nitriles is 1. The Hall–Kier alpha value is -1.66. The number of rotatable bonds is 2. The average molecular weight is 302 g/mol. The van der Waals surface area contributed by atoms with Gasteiger partial charge in [-0.25, -0.2) is 4.98 Å². The molecule has 98 valence electrons. The number of pyridine rings is 1. The Bertz CT molecular complexity index is 645. The van der Waals surface area contributed by atoms with Crippen molar-refractivity contribution in [2.24, 2.45) is 0 Å². The maximum absolute atomic E-state index is 12.3. The summed E-state index contributed by atoms with van der Waals surface area (Å²) in [4.78, 5) is 4.11. The number of hydrogen-bond donors (Lipinski definition) is 0. The normalized spacial score (nSPS) is 11.3. The van der Waals surface area contributed by atoms with Gasteiger partial charge in [-0.1, -0.05) is 11.3 Å². The molecule has 9 heteroatoms. The molecule has 0 atom stereocenters. The zero-order valence-corrected chi connectivity index (χ0v) is 11.0. The van der Waals surface area contributed by atoms with Gasteiger partial charge < -0.3 is 0 Å². The van der Waals surface area contributed by atoms with Crippen molar-refractivity contribution in [1.82, 2.24) is 15.2 Å². The summed E-state index contributed by atoms with van der Waals surface area (Å²) in [5.74, 6) is 0. The van der Waals surface area contributed by atoms with Crippen LogP contribution in [0.1, 0.15) is 16.3 Å². The maximum atomic E-state index is 12.3. The molecule has 2 aromatic heterocycles. The second-order valence-electron chi connectivity index (χ2n) is 3.37. The van der Waals surface area contributed by atoms with Crippen molar-refractivity contribution in [2.75, 3.05) is 0 Å². The standard InChI is InChI=1S/C10H5F3N4S2/c1-5-6(4-14)2-3-7(15-5)18-9-17-16-8(19-9)10(11,12)13/h2-3H,1H3. The second kappa shape index (κ2) is 5.14. The van der Waals surface area contributed by atoms with Gasteiger partial charge in [-0.05, 0) is 30.8 Å². The van der Waals surface area contributed by atoms with Crippen LogP contribution in [0.15, 0.2) is 21.5 Å². The van der Waals surface area contributed by atoms with Crippen molar-refractivity contribution in [3.8, 4) is 6.07 Å². The molecule has 0 spiro atoms. The third kappa shape index (κ3) is 3.21. The molecule has 0 unspecified atom stereocenters. The molecule has 0 aliphatic carbocycles. The van der Waals surface area contributed by atoms with E-state index in [9.17, 15) is 13.2 Å². The molecule has 2 aromatic rings. The summed E-state index contributed by atoms with van der Waals surface area (Å²) in [6.45, 7) is 1.66. The Morgan fingerprint density at radius 3 is 2.58 bits per heavy atom. The van der Waals surface area contributed by atoms with Gasteiger partial charge in [0.25, 0.3) is 0 Å². The minimum Gasteiger partial charge on any atom is -0.245 e. The highest BCUT2D eigenvalue weighted by atomic mass is 32.2. The molecule has 0 amide bonds. The van der Waals surface area contributed by atoms with Gasteiger partial charge >= 0.3 is 6.18 Å². The van der Waals surface area contributed by atoms with Crippen LogP contribution >= 0.6 is 23.1 Å². The van der Waals surface area contributed by atoms with E-state index in [4.69, 9.17) is 5.26 Å². The van der Waals surface area contributed by atoms with Crippen LogP contribution < -0.4 is 0 Å². The molecule has 2 rings (SSSR count). The molecular formula is C10H5F3N4S2. The Balaban J connectivity index is 2.20. The first-order valence-electron chi connectivity index (χ1n) is 4.86. The molecular weight excluding hydrogens is 297 g/mol. The highest BCUT2D eigenvalue weighted by Gasteiger charge is 2.35. The molecule has 0 aromatic carbocycles. The van der Waals surface area contributed by atoms with Crippen LogP contribution in [0, 0.1) is 18.3 Å². The van der Waals surface area contributed by atoms with Gasteiger partial charge in [-0.2, -0.15) is 18.4 Å². The van der Waals surface area contributed by atoms with Crippen LogP contribution in [0.5, 0.6) is 0 Å². The fraction of sp³-hybridized carbons (Fsp3) is 0.200. The van der Waals surface area contributed by atoms with Gasteiger partial charge in [0, 0.05) is 0 Å². The van der Waals surface area contributed by atoms with E-state index in [2.05, 4.69) is 15.2 Å². The molecule has 0 saturated carbocycles. The first-order valence-corrected chi connectivity index (χ1v) is 6.50. The van der Waals surface area contributed by atoms with E-state index in [-0.39, 0.29) is 4.34 Å². The number of alkyl halides is 3. The van der Waals surface area contributed by atoms with E-state index >= 15 is 0 Å². The summed E-state index contributed by atoms with van der Waals surface area (Å²) >= 11 is 1.44. The lowest BCUT2D eigenvalue weighted by molar-refractivity contribution is -0.138. The van der Waals surface area contributed by atoms with Crippen LogP contribution in [0.2, 0.25) is 0 Å².